The zero-order valence-electron chi connectivity index (χ0n) is 11.6. The molecular weight excluding hydrogens is 267 g/mol. The third-order valence-corrected chi connectivity index (χ3v) is 3.25. The van der Waals surface area contributed by atoms with Crippen LogP contribution >= 0.6 is 0 Å². The number of anilines is 2. The van der Waals surface area contributed by atoms with Gasteiger partial charge in [0.25, 0.3) is 0 Å². The van der Waals surface area contributed by atoms with Crippen molar-refractivity contribution in [2.75, 3.05) is 17.7 Å². The van der Waals surface area contributed by atoms with Crippen LogP contribution < -0.4 is 10.6 Å². The van der Waals surface area contributed by atoms with Crippen LogP contribution in [0.25, 0.3) is 11.0 Å². The van der Waals surface area contributed by atoms with E-state index in [2.05, 4.69) is 9.97 Å². The Kier molecular flexibility index (Phi) is 3.39. The van der Waals surface area contributed by atoms with Crippen molar-refractivity contribution in [2.45, 2.75) is 6.54 Å². The lowest BCUT2D eigenvalue weighted by Gasteiger charge is -2.19. The normalized spacial score (nSPS) is 10.8. The molecule has 0 atom stereocenters. The summed E-state index contributed by atoms with van der Waals surface area (Å²) in [5.74, 6) is 0.712. The number of aromatic nitrogens is 2. The van der Waals surface area contributed by atoms with Crippen LogP contribution in [0.15, 0.2) is 48.5 Å². The molecule has 2 N–H and O–H groups in total. The van der Waals surface area contributed by atoms with Gasteiger partial charge in [0.2, 0.25) is 0 Å². The summed E-state index contributed by atoms with van der Waals surface area (Å²) < 4.78 is 13.2. The molecule has 0 amide bonds. The first-order chi connectivity index (χ1) is 10.1. The van der Waals surface area contributed by atoms with Crippen molar-refractivity contribution in [3.05, 3.63) is 59.9 Å². The number of fused-ring (bicyclic) bond motifs is 1. The number of hydrogen-bond acceptors (Lipinski definition) is 4. The number of hydrogen-bond donors (Lipinski definition) is 1. The van der Waals surface area contributed by atoms with E-state index in [9.17, 15) is 4.39 Å². The number of nitrogens with two attached hydrogens (primary N) is 1. The molecule has 3 rings (SSSR count). The van der Waals surface area contributed by atoms with Gasteiger partial charge in [0.1, 0.15) is 5.82 Å². The average molecular weight is 282 g/mol. The molecule has 0 saturated carbocycles. The maximum absolute atomic E-state index is 13.2. The average Bonchev–Trinajstić information content (AvgIpc) is 2.46. The van der Waals surface area contributed by atoms with Gasteiger partial charge in [-0.05, 0) is 29.8 Å². The number of rotatable bonds is 3. The standard InChI is InChI=1S/C16H15FN4/c1-21(10-11-5-4-6-12(17)9-11)16-15(18)19-13-7-2-3-8-14(13)20-16/h2-9H,10H2,1H3,(H2,18,19). The molecule has 2 aromatic carbocycles. The quantitative estimate of drug-likeness (QED) is 0.802. The Hall–Kier alpha value is -2.69. The summed E-state index contributed by atoms with van der Waals surface area (Å²) in [6.07, 6.45) is 0. The van der Waals surface area contributed by atoms with Crippen molar-refractivity contribution in [1.29, 1.82) is 0 Å². The number of nitrogens with zero attached hydrogens (tertiary/aromatic N) is 3. The van der Waals surface area contributed by atoms with Crippen LogP contribution in [0.3, 0.4) is 0 Å². The molecule has 0 fully saturated rings. The first kappa shape index (κ1) is 13.3. The molecule has 0 unspecified atom stereocenters. The van der Waals surface area contributed by atoms with Gasteiger partial charge < -0.3 is 10.6 Å². The van der Waals surface area contributed by atoms with E-state index in [1.165, 1.54) is 12.1 Å². The molecule has 1 heterocycles. The molecule has 0 radical (unpaired) electrons. The Balaban J connectivity index is 1.93. The Bertz CT molecular complexity index is 788. The molecule has 1 aromatic heterocycles. The lowest BCUT2D eigenvalue weighted by molar-refractivity contribution is 0.625. The summed E-state index contributed by atoms with van der Waals surface area (Å²) in [6, 6.07) is 14.0. The van der Waals surface area contributed by atoms with Gasteiger partial charge in [-0.3, -0.25) is 0 Å². The molecular formula is C16H15FN4. The topological polar surface area (TPSA) is 55.0 Å². The smallest absolute Gasteiger partial charge is 0.172 e. The van der Waals surface area contributed by atoms with Crippen LogP contribution in [0.4, 0.5) is 16.0 Å². The van der Waals surface area contributed by atoms with Crippen LogP contribution in [0.2, 0.25) is 0 Å². The first-order valence-electron chi connectivity index (χ1n) is 6.61. The fourth-order valence-electron chi connectivity index (χ4n) is 2.27. The van der Waals surface area contributed by atoms with Crippen molar-refractivity contribution < 1.29 is 4.39 Å². The Morgan fingerprint density at radius 2 is 1.76 bits per heavy atom. The predicted octanol–water partition coefficient (Wildman–Crippen LogP) is 2.99. The molecule has 5 heteroatoms. The van der Waals surface area contributed by atoms with E-state index < -0.39 is 0 Å². The molecule has 4 nitrogen and oxygen atoms in total. The van der Waals surface area contributed by atoms with Gasteiger partial charge in [-0.15, -0.1) is 0 Å². The Morgan fingerprint density at radius 1 is 1.05 bits per heavy atom. The second kappa shape index (κ2) is 5.36. The lowest BCUT2D eigenvalue weighted by atomic mass is 10.2. The SMILES string of the molecule is CN(Cc1cccc(F)c1)c1nc2ccccc2nc1N. The molecule has 0 bridgehead atoms. The van der Waals surface area contributed by atoms with Crippen LogP contribution in [0.5, 0.6) is 0 Å². The van der Waals surface area contributed by atoms with Gasteiger partial charge in [0, 0.05) is 13.6 Å². The van der Waals surface area contributed by atoms with Crippen molar-refractivity contribution in [3.8, 4) is 0 Å². The third kappa shape index (κ3) is 2.76. The minimum Gasteiger partial charge on any atom is -0.381 e. The maximum atomic E-state index is 13.2. The third-order valence-electron chi connectivity index (χ3n) is 3.25. The second-order valence-electron chi connectivity index (χ2n) is 4.91. The fourth-order valence-corrected chi connectivity index (χ4v) is 2.27. The molecule has 0 spiro atoms. The summed E-state index contributed by atoms with van der Waals surface area (Å²) in [4.78, 5) is 10.8. The van der Waals surface area contributed by atoms with Crippen LogP contribution in [-0.2, 0) is 6.54 Å². The number of halogens is 1. The lowest BCUT2D eigenvalue weighted by Crippen LogP contribution is -2.20. The van der Waals surface area contributed by atoms with E-state index >= 15 is 0 Å². The molecule has 21 heavy (non-hydrogen) atoms. The highest BCUT2D eigenvalue weighted by atomic mass is 19.1. The van der Waals surface area contributed by atoms with Crippen LogP contribution in [-0.4, -0.2) is 17.0 Å². The summed E-state index contributed by atoms with van der Waals surface area (Å²) in [6.45, 7) is 0.509. The minimum atomic E-state index is -0.251. The van der Waals surface area contributed by atoms with E-state index in [1.807, 2.05) is 42.3 Å². The number of nitrogen functional groups attached to an aromatic ring is 1. The van der Waals surface area contributed by atoms with Crippen molar-refractivity contribution in [3.63, 3.8) is 0 Å². The highest BCUT2D eigenvalue weighted by molar-refractivity contribution is 5.79. The Morgan fingerprint density at radius 3 is 2.48 bits per heavy atom. The summed E-state index contributed by atoms with van der Waals surface area (Å²) >= 11 is 0. The van der Waals surface area contributed by atoms with Gasteiger partial charge in [-0.2, -0.15) is 0 Å². The first-order valence-corrected chi connectivity index (χ1v) is 6.61. The van der Waals surface area contributed by atoms with E-state index in [-0.39, 0.29) is 5.82 Å². The van der Waals surface area contributed by atoms with E-state index in [0.29, 0.717) is 18.2 Å². The highest BCUT2D eigenvalue weighted by Gasteiger charge is 2.11. The predicted molar refractivity (Wildman–Crippen MR) is 82.5 cm³/mol. The molecule has 0 aliphatic carbocycles. The van der Waals surface area contributed by atoms with Crippen LogP contribution in [0, 0.1) is 5.82 Å². The van der Waals surface area contributed by atoms with Crippen molar-refractivity contribution in [1.82, 2.24) is 9.97 Å². The van der Waals surface area contributed by atoms with E-state index in [4.69, 9.17) is 5.73 Å². The monoisotopic (exact) mass is 282 g/mol. The molecule has 3 aromatic rings. The largest absolute Gasteiger partial charge is 0.381 e. The highest BCUT2D eigenvalue weighted by Crippen LogP contribution is 2.22. The van der Waals surface area contributed by atoms with Gasteiger partial charge in [0.15, 0.2) is 11.6 Å². The fraction of sp³-hybridized carbons (Fsp3) is 0.125. The van der Waals surface area contributed by atoms with Gasteiger partial charge in [-0.1, -0.05) is 24.3 Å². The zero-order valence-corrected chi connectivity index (χ0v) is 11.6. The van der Waals surface area contributed by atoms with Crippen molar-refractivity contribution in [2.24, 2.45) is 0 Å². The molecule has 106 valence electrons. The molecule has 0 saturated heterocycles. The minimum absolute atomic E-state index is 0.251. The number of benzene rings is 2. The van der Waals surface area contributed by atoms with Crippen molar-refractivity contribution >= 4 is 22.7 Å². The molecule has 0 aliphatic heterocycles. The molecule has 0 aliphatic rings. The summed E-state index contributed by atoms with van der Waals surface area (Å²) in [5, 5.41) is 0. The zero-order chi connectivity index (χ0) is 14.8. The van der Waals surface area contributed by atoms with Gasteiger partial charge >= 0.3 is 0 Å². The number of para-hydroxylation sites is 2. The summed E-state index contributed by atoms with van der Waals surface area (Å²) in [7, 11) is 1.86. The summed E-state index contributed by atoms with van der Waals surface area (Å²) in [5.41, 5.74) is 8.38. The van der Waals surface area contributed by atoms with E-state index in [1.54, 1.807) is 6.07 Å². The second-order valence-corrected chi connectivity index (χ2v) is 4.91. The van der Waals surface area contributed by atoms with Gasteiger partial charge in [0.05, 0.1) is 11.0 Å². The Labute approximate surface area is 122 Å². The van der Waals surface area contributed by atoms with Crippen LogP contribution in [0.1, 0.15) is 5.56 Å². The van der Waals surface area contributed by atoms with Gasteiger partial charge in [-0.25, -0.2) is 14.4 Å². The maximum Gasteiger partial charge on any atom is 0.172 e. The van der Waals surface area contributed by atoms with E-state index in [0.717, 1.165) is 16.6 Å².